The summed E-state index contributed by atoms with van der Waals surface area (Å²) >= 11 is 0. The maximum Gasteiger partial charge on any atom is 0.251 e. The van der Waals surface area contributed by atoms with Gasteiger partial charge in [-0.25, -0.2) is 0 Å². The summed E-state index contributed by atoms with van der Waals surface area (Å²) in [7, 11) is 0. The van der Waals surface area contributed by atoms with Crippen LogP contribution in [0.5, 0.6) is 0 Å². The third-order valence-corrected chi connectivity index (χ3v) is 5.97. The number of nitrogens with zero attached hydrogens (tertiary/aromatic N) is 1. The predicted octanol–water partition coefficient (Wildman–Crippen LogP) is 3.84. The summed E-state index contributed by atoms with van der Waals surface area (Å²) < 4.78 is 0. The van der Waals surface area contributed by atoms with E-state index in [4.69, 9.17) is 0 Å². The van der Waals surface area contributed by atoms with Gasteiger partial charge in [-0.1, -0.05) is 61.4 Å². The van der Waals surface area contributed by atoms with Gasteiger partial charge in [0.05, 0.1) is 0 Å². The Morgan fingerprint density at radius 1 is 1.00 bits per heavy atom. The summed E-state index contributed by atoms with van der Waals surface area (Å²) in [6.45, 7) is 10.9. The van der Waals surface area contributed by atoms with E-state index in [0.29, 0.717) is 5.56 Å². The number of nitrogens with one attached hydrogen (secondary N) is 2. The van der Waals surface area contributed by atoms with Gasteiger partial charge >= 0.3 is 0 Å². The quantitative estimate of drug-likeness (QED) is 0.714. The summed E-state index contributed by atoms with van der Waals surface area (Å²) in [5, 5.41) is 6.11. The average Bonchev–Trinajstić information content (AvgIpc) is 2.73. The van der Waals surface area contributed by atoms with Crippen molar-refractivity contribution in [3.05, 3.63) is 70.8 Å². The predicted molar refractivity (Wildman–Crippen MR) is 125 cm³/mol. The summed E-state index contributed by atoms with van der Waals surface area (Å²) in [5.41, 5.74) is 4.30. The van der Waals surface area contributed by atoms with Gasteiger partial charge in [0.1, 0.15) is 6.04 Å². The smallest absolute Gasteiger partial charge is 0.251 e. The van der Waals surface area contributed by atoms with E-state index in [1.807, 2.05) is 32.9 Å². The first kappa shape index (κ1) is 23.0. The number of carbonyl (C=O) groups is 2. The SMILES string of the molecule is Cc1ccc(C(=O)NC(C(=O)NC2CCN(Cc3cccc(C)c3)CC2)C(C)C)cc1. The van der Waals surface area contributed by atoms with Gasteiger partial charge in [-0.3, -0.25) is 14.5 Å². The molecule has 0 saturated carbocycles. The molecular weight excluding hydrogens is 386 g/mol. The molecule has 31 heavy (non-hydrogen) atoms. The number of hydrogen-bond donors (Lipinski definition) is 2. The Hall–Kier alpha value is -2.66. The first-order chi connectivity index (χ1) is 14.8. The molecule has 1 unspecified atom stereocenters. The summed E-state index contributed by atoms with van der Waals surface area (Å²) in [6, 6.07) is 15.6. The van der Waals surface area contributed by atoms with Crippen LogP contribution >= 0.6 is 0 Å². The fourth-order valence-corrected chi connectivity index (χ4v) is 4.06. The fraction of sp³-hybridized carbons (Fsp3) is 0.462. The highest BCUT2D eigenvalue weighted by Crippen LogP contribution is 2.16. The molecule has 1 atom stereocenters. The normalized spacial score (nSPS) is 16.2. The topological polar surface area (TPSA) is 61.4 Å². The number of likely N-dealkylation sites (tertiary alicyclic amines) is 1. The second-order valence-electron chi connectivity index (χ2n) is 9.11. The Morgan fingerprint density at radius 3 is 2.29 bits per heavy atom. The summed E-state index contributed by atoms with van der Waals surface area (Å²) in [4.78, 5) is 28.0. The van der Waals surface area contributed by atoms with Gasteiger partial charge in [0, 0.05) is 31.2 Å². The van der Waals surface area contributed by atoms with Crippen LogP contribution < -0.4 is 10.6 Å². The van der Waals surface area contributed by atoms with Crippen LogP contribution in [0.2, 0.25) is 0 Å². The third-order valence-electron chi connectivity index (χ3n) is 5.97. The van der Waals surface area contributed by atoms with E-state index in [2.05, 4.69) is 46.7 Å². The van der Waals surface area contributed by atoms with Crippen molar-refractivity contribution in [1.29, 1.82) is 0 Å². The Bertz CT molecular complexity index is 884. The Morgan fingerprint density at radius 2 is 1.68 bits per heavy atom. The maximum atomic E-state index is 12.9. The zero-order valence-electron chi connectivity index (χ0n) is 19.2. The molecule has 1 saturated heterocycles. The van der Waals surface area contributed by atoms with Crippen molar-refractivity contribution in [3.8, 4) is 0 Å². The highest BCUT2D eigenvalue weighted by molar-refractivity contribution is 5.97. The molecule has 5 heteroatoms. The van der Waals surface area contributed by atoms with E-state index in [0.717, 1.165) is 38.0 Å². The molecule has 2 N–H and O–H groups in total. The number of amides is 2. The van der Waals surface area contributed by atoms with E-state index >= 15 is 0 Å². The van der Waals surface area contributed by atoms with E-state index in [-0.39, 0.29) is 23.8 Å². The van der Waals surface area contributed by atoms with Crippen molar-refractivity contribution in [3.63, 3.8) is 0 Å². The zero-order chi connectivity index (χ0) is 22.4. The zero-order valence-corrected chi connectivity index (χ0v) is 19.2. The van der Waals surface area contributed by atoms with Gasteiger partial charge in [-0.2, -0.15) is 0 Å². The van der Waals surface area contributed by atoms with Gasteiger partial charge in [-0.15, -0.1) is 0 Å². The molecule has 5 nitrogen and oxygen atoms in total. The standard InChI is InChI=1S/C26H35N3O2/c1-18(2)24(28-25(30)22-10-8-19(3)9-11-22)26(31)27-23-12-14-29(15-13-23)17-21-7-5-6-20(4)16-21/h5-11,16,18,23-24H,12-15,17H2,1-4H3,(H,27,31)(H,28,30). The van der Waals surface area contributed by atoms with Gasteiger partial charge in [0.2, 0.25) is 5.91 Å². The number of rotatable bonds is 7. The molecule has 1 fully saturated rings. The summed E-state index contributed by atoms with van der Waals surface area (Å²) in [5.74, 6) is -0.287. The van der Waals surface area contributed by atoms with Gasteiger partial charge in [0.25, 0.3) is 5.91 Å². The van der Waals surface area contributed by atoms with Crippen molar-refractivity contribution >= 4 is 11.8 Å². The molecule has 166 valence electrons. The largest absolute Gasteiger partial charge is 0.351 e. The number of piperidine rings is 1. The van der Waals surface area contributed by atoms with Gasteiger partial charge < -0.3 is 10.6 Å². The lowest BCUT2D eigenvalue weighted by molar-refractivity contribution is -0.125. The molecule has 1 aliphatic heterocycles. The Kier molecular flexibility index (Phi) is 7.85. The first-order valence-electron chi connectivity index (χ1n) is 11.3. The van der Waals surface area contributed by atoms with E-state index in [1.54, 1.807) is 12.1 Å². The molecular formula is C26H35N3O2. The molecule has 2 amide bonds. The highest BCUT2D eigenvalue weighted by atomic mass is 16.2. The van der Waals surface area contributed by atoms with Crippen LogP contribution in [0.25, 0.3) is 0 Å². The van der Waals surface area contributed by atoms with Crippen LogP contribution in [0.3, 0.4) is 0 Å². The van der Waals surface area contributed by atoms with Crippen LogP contribution in [0, 0.1) is 19.8 Å². The molecule has 2 aromatic rings. The van der Waals surface area contributed by atoms with Crippen LogP contribution in [0.1, 0.15) is 53.7 Å². The molecule has 2 aromatic carbocycles. The van der Waals surface area contributed by atoms with E-state index in [9.17, 15) is 9.59 Å². The molecule has 1 heterocycles. The second-order valence-corrected chi connectivity index (χ2v) is 9.11. The Balaban J connectivity index is 1.50. The lowest BCUT2D eigenvalue weighted by Gasteiger charge is -2.33. The van der Waals surface area contributed by atoms with Gasteiger partial charge in [-0.05, 0) is 50.3 Å². The van der Waals surface area contributed by atoms with Crippen molar-refractivity contribution in [2.45, 2.75) is 59.2 Å². The van der Waals surface area contributed by atoms with Crippen molar-refractivity contribution < 1.29 is 9.59 Å². The van der Waals surface area contributed by atoms with Crippen LogP contribution in [-0.2, 0) is 11.3 Å². The molecule has 0 aromatic heterocycles. The molecule has 0 bridgehead atoms. The number of benzene rings is 2. The Labute approximate surface area is 186 Å². The molecule has 3 rings (SSSR count). The second kappa shape index (κ2) is 10.6. The lowest BCUT2D eigenvalue weighted by Crippen LogP contribution is -2.53. The fourth-order valence-electron chi connectivity index (χ4n) is 4.06. The minimum atomic E-state index is -0.542. The maximum absolute atomic E-state index is 12.9. The van der Waals surface area contributed by atoms with Crippen LogP contribution in [0.4, 0.5) is 0 Å². The number of aryl methyl sites for hydroxylation is 2. The third kappa shape index (κ3) is 6.66. The van der Waals surface area contributed by atoms with Crippen LogP contribution in [0.15, 0.2) is 48.5 Å². The van der Waals surface area contributed by atoms with Crippen molar-refractivity contribution in [1.82, 2.24) is 15.5 Å². The number of carbonyl (C=O) groups excluding carboxylic acids is 2. The monoisotopic (exact) mass is 421 g/mol. The minimum Gasteiger partial charge on any atom is -0.351 e. The van der Waals surface area contributed by atoms with Crippen LogP contribution in [-0.4, -0.2) is 41.9 Å². The molecule has 1 aliphatic rings. The minimum absolute atomic E-state index is 0.0100. The van der Waals surface area contributed by atoms with E-state index in [1.165, 1.54) is 11.1 Å². The lowest BCUT2D eigenvalue weighted by atomic mass is 9.99. The molecule has 0 aliphatic carbocycles. The van der Waals surface area contributed by atoms with Crippen molar-refractivity contribution in [2.24, 2.45) is 5.92 Å². The number of hydrogen-bond acceptors (Lipinski definition) is 3. The van der Waals surface area contributed by atoms with E-state index < -0.39 is 6.04 Å². The molecule has 0 radical (unpaired) electrons. The average molecular weight is 422 g/mol. The molecule has 0 spiro atoms. The first-order valence-corrected chi connectivity index (χ1v) is 11.3. The van der Waals surface area contributed by atoms with Gasteiger partial charge in [0.15, 0.2) is 0 Å². The summed E-state index contributed by atoms with van der Waals surface area (Å²) in [6.07, 6.45) is 1.85. The highest BCUT2D eigenvalue weighted by Gasteiger charge is 2.28. The van der Waals surface area contributed by atoms with Crippen molar-refractivity contribution in [2.75, 3.05) is 13.1 Å².